The van der Waals surface area contributed by atoms with Crippen molar-refractivity contribution in [2.75, 3.05) is 10.6 Å². The Morgan fingerprint density at radius 1 is 0.897 bits per heavy atom. The number of nitrogens with zero attached hydrogens (tertiary/aromatic N) is 4. The van der Waals surface area contributed by atoms with Gasteiger partial charge in [-0.25, -0.2) is 15.0 Å². The van der Waals surface area contributed by atoms with Gasteiger partial charge in [-0.2, -0.15) is 13.2 Å². The van der Waals surface area contributed by atoms with E-state index in [9.17, 15) is 18.0 Å². The number of carbonyl (C=O) groups is 1. The number of fused-ring (bicyclic) bond motifs is 1. The van der Waals surface area contributed by atoms with Gasteiger partial charge in [0.15, 0.2) is 5.15 Å². The normalized spacial score (nSPS) is 11.4. The summed E-state index contributed by atoms with van der Waals surface area (Å²) >= 11 is 6.51. The second kappa shape index (κ2) is 10.3. The zero-order valence-corrected chi connectivity index (χ0v) is 21.4. The fourth-order valence-corrected chi connectivity index (χ4v) is 4.13. The number of anilines is 3. The molecule has 0 fully saturated rings. The SMILES string of the molecule is Cc1ccc(Nc2ncc3cc(-c4cc(NC(=O)c5cccc(C(F)(F)F)c5)ccc4C)nc(Cl)c3n2)cn1. The first-order valence-corrected chi connectivity index (χ1v) is 12.1. The number of benzene rings is 2. The van der Waals surface area contributed by atoms with Crippen molar-refractivity contribution >= 4 is 45.7 Å². The summed E-state index contributed by atoms with van der Waals surface area (Å²) in [7, 11) is 0. The zero-order valence-electron chi connectivity index (χ0n) is 20.6. The van der Waals surface area contributed by atoms with Crippen molar-refractivity contribution in [2.24, 2.45) is 0 Å². The molecule has 5 rings (SSSR count). The molecule has 0 saturated carbocycles. The first-order valence-electron chi connectivity index (χ1n) is 11.7. The molecule has 7 nitrogen and oxygen atoms in total. The van der Waals surface area contributed by atoms with Crippen LogP contribution in [-0.4, -0.2) is 25.8 Å². The van der Waals surface area contributed by atoms with Gasteiger partial charge in [-0.1, -0.05) is 23.7 Å². The number of pyridine rings is 2. The van der Waals surface area contributed by atoms with E-state index in [0.717, 1.165) is 29.1 Å². The number of hydrogen-bond acceptors (Lipinski definition) is 6. The number of alkyl halides is 3. The molecule has 11 heteroatoms. The van der Waals surface area contributed by atoms with Crippen molar-refractivity contribution < 1.29 is 18.0 Å². The fourth-order valence-electron chi connectivity index (χ4n) is 3.89. The minimum atomic E-state index is -4.55. The molecule has 0 unspecified atom stereocenters. The van der Waals surface area contributed by atoms with Gasteiger partial charge in [0.05, 0.1) is 23.1 Å². The fraction of sp³-hybridized carbons (Fsp3) is 0.107. The molecule has 1 amide bonds. The number of aryl methyl sites for hydroxylation is 2. The van der Waals surface area contributed by atoms with Gasteiger partial charge in [-0.05, 0) is 67.9 Å². The molecule has 3 heterocycles. The Morgan fingerprint density at radius 2 is 1.69 bits per heavy atom. The van der Waals surface area contributed by atoms with E-state index in [1.165, 1.54) is 12.1 Å². The average Bonchev–Trinajstić information content (AvgIpc) is 2.91. The third-order valence-electron chi connectivity index (χ3n) is 5.91. The monoisotopic (exact) mass is 548 g/mol. The first-order chi connectivity index (χ1) is 18.6. The highest BCUT2D eigenvalue weighted by Gasteiger charge is 2.31. The van der Waals surface area contributed by atoms with Gasteiger partial charge in [-0.15, -0.1) is 0 Å². The molecule has 2 N–H and O–H groups in total. The smallest absolute Gasteiger partial charge is 0.323 e. The Hall–Kier alpha value is -4.57. The standard InChI is InChI=1S/C28H20ClF3N6O/c1-15-6-8-20(35-26(39)17-4-3-5-19(10-17)28(30,31)32)12-22(15)23-11-18-13-34-27(38-24(18)25(29)37-23)36-21-9-7-16(2)33-14-21/h3-14H,1-2H3,(H,35,39)(H,34,36,38). The van der Waals surface area contributed by atoms with E-state index >= 15 is 0 Å². The average molecular weight is 549 g/mol. The highest BCUT2D eigenvalue weighted by molar-refractivity contribution is 6.34. The summed E-state index contributed by atoms with van der Waals surface area (Å²) in [5.41, 5.74) is 3.48. The number of carbonyl (C=O) groups excluding carboxylic acids is 1. The van der Waals surface area contributed by atoms with Crippen LogP contribution in [0.1, 0.15) is 27.2 Å². The highest BCUT2D eigenvalue weighted by atomic mass is 35.5. The Bertz CT molecular complexity index is 1710. The van der Waals surface area contributed by atoms with Crippen LogP contribution in [0, 0.1) is 13.8 Å². The molecule has 5 aromatic rings. The molecule has 196 valence electrons. The van der Waals surface area contributed by atoms with Crippen molar-refractivity contribution in [2.45, 2.75) is 20.0 Å². The van der Waals surface area contributed by atoms with Gasteiger partial charge in [0, 0.05) is 34.1 Å². The zero-order chi connectivity index (χ0) is 27.7. The highest BCUT2D eigenvalue weighted by Crippen LogP contribution is 2.32. The molecule has 2 aromatic carbocycles. The molecule has 0 aliphatic carbocycles. The van der Waals surface area contributed by atoms with Gasteiger partial charge < -0.3 is 10.6 Å². The number of amides is 1. The van der Waals surface area contributed by atoms with E-state index < -0.39 is 17.6 Å². The van der Waals surface area contributed by atoms with Crippen LogP contribution in [0.5, 0.6) is 0 Å². The van der Waals surface area contributed by atoms with E-state index in [2.05, 4.69) is 30.6 Å². The lowest BCUT2D eigenvalue weighted by Crippen LogP contribution is -2.14. The lowest BCUT2D eigenvalue weighted by molar-refractivity contribution is -0.137. The molecule has 0 atom stereocenters. The first kappa shape index (κ1) is 26.1. The molecule has 0 saturated heterocycles. The summed E-state index contributed by atoms with van der Waals surface area (Å²) in [5, 5.41) is 6.55. The van der Waals surface area contributed by atoms with Crippen LogP contribution in [0.3, 0.4) is 0 Å². The van der Waals surface area contributed by atoms with E-state index in [1.54, 1.807) is 36.7 Å². The van der Waals surface area contributed by atoms with Crippen LogP contribution in [0.2, 0.25) is 5.15 Å². The Balaban J connectivity index is 1.42. The summed E-state index contributed by atoms with van der Waals surface area (Å²) in [6.07, 6.45) is -1.25. The minimum Gasteiger partial charge on any atom is -0.323 e. The molecule has 0 aliphatic rings. The topological polar surface area (TPSA) is 92.7 Å². The number of aromatic nitrogens is 4. The van der Waals surface area contributed by atoms with Crippen molar-refractivity contribution in [3.05, 3.63) is 101 Å². The Labute approximate surface area is 226 Å². The van der Waals surface area contributed by atoms with Crippen molar-refractivity contribution in [3.8, 4) is 11.3 Å². The van der Waals surface area contributed by atoms with Crippen LogP contribution in [0.15, 0.2) is 73.1 Å². The largest absolute Gasteiger partial charge is 0.416 e. The Kier molecular flexibility index (Phi) is 6.88. The summed E-state index contributed by atoms with van der Waals surface area (Å²) in [4.78, 5) is 30.3. The number of halogens is 4. The molecule has 0 spiro atoms. The molecular formula is C28H20ClF3N6O. The van der Waals surface area contributed by atoms with Crippen molar-refractivity contribution in [3.63, 3.8) is 0 Å². The summed E-state index contributed by atoms with van der Waals surface area (Å²) < 4.78 is 39.2. The summed E-state index contributed by atoms with van der Waals surface area (Å²) in [5.74, 6) is -0.335. The lowest BCUT2D eigenvalue weighted by Gasteiger charge is -2.12. The summed E-state index contributed by atoms with van der Waals surface area (Å²) in [6.45, 7) is 3.76. The quantitative estimate of drug-likeness (QED) is 0.223. The van der Waals surface area contributed by atoms with Crippen LogP contribution >= 0.6 is 11.6 Å². The Morgan fingerprint density at radius 3 is 2.44 bits per heavy atom. The molecule has 0 radical (unpaired) electrons. The van der Waals surface area contributed by atoms with Gasteiger partial charge in [0.1, 0.15) is 5.52 Å². The molecule has 3 aromatic heterocycles. The maximum Gasteiger partial charge on any atom is 0.416 e. The van der Waals surface area contributed by atoms with E-state index in [0.29, 0.717) is 33.8 Å². The van der Waals surface area contributed by atoms with Gasteiger partial charge in [0.2, 0.25) is 5.95 Å². The lowest BCUT2D eigenvalue weighted by atomic mass is 10.0. The van der Waals surface area contributed by atoms with Crippen LogP contribution in [0.4, 0.5) is 30.5 Å². The number of hydrogen-bond donors (Lipinski definition) is 2. The molecule has 0 bridgehead atoms. The molecule has 0 aliphatic heterocycles. The van der Waals surface area contributed by atoms with E-state index in [-0.39, 0.29) is 10.7 Å². The second-order valence-electron chi connectivity index (χ2n) is 8.81. The van der Waals surface area contributed by atoms with Crippen LogP contribution in [0.25, 0.3) is 22.2 Å². The van der Waals surface area contributed by atoms with Crippen molar-refractivity contribution in [1.82, 2.24) is 19.9 Å². The maximum atomic E-state index is 13.1. The van der Waals surface area contributed by atoms with Gasteiger partial charge in [-0.3, -0.25) is 9.78 Å². The van der Waals surface area contributed by atoms with E-state index in [1.807, 2.05) is 26.0 Å². The minimum absolute atomic E-state index is 0.109. The van der Waals surface area contributed by atoms with Crippen molar-refractivity contribution in [1.29, 1.82) is 0 Å². The second-order valence-corrected chi connectivity index (χ2v) is 9.16. The summed E-state index contributed by atoms with van der Waals surface area (Å²) in [6, 6.07) is 14.9. The van der Waals surface area contributed by atoms with Crippen LogP contribution in [-0.2, 0) is 6.18 Å². The maximum absolute atomic E-state index is 13.1. The number of nitrogens with one attached hydrogen (secondary N) is 2. The third-order valence-corrected chi connectivity index (χ3v) is 6.18. The predicted octanol–water partition coefficient (Wildman–Crippen LogP) is 7.37. The number of rotatable bonds is 5. The van der Waals surface area contributed by atoms with Gasteiger partial charge in [0.25, 0.3) is 5.91 Å². The van der Waals surface area contributed by atoms with E-state index in [4.69, 9.17) is 11.6 Å². The molecular weight excluding hydrogens is 529 g/mol. The molecule has 39 heavy (non-hydrogen) atoms. The predicted molar refractivity (Wildman–Crippen MR) is 144 cm³/mol. The van der Waals surface area contributed by atoms with Gasteiger partial charge >= 0.3 is 6.18 Å². The van der Waals surface area contributed by atoms with Crippen LogP contribution < -0.4 is 10.6 Å². The third kappa shape index (κ3) is 5.80.